The summed E-state index contributed by atoms with van der Waals surface area (Å²) < 4.78 is 19.1. The van der Waals surface area contributed by atoms with Crippen LogP contribution >= 0.6 is 15.9 Å². The average Bonchev–Trinajstić information content (AvgIpc) is 2.80. The van der Waals surface area contributed by atoms with Crippen molar-refractivity contribution >= 4 is 24.2 Å². The molecule has 0 saturated carbocycles. The molecule has 0 amide bonds. The van der Waals surface area contributed by atoms with Gasteiger partial charge in [0.2, 0.25) is 0 Å². The Morgan fingerprint density at radius 3 is 1.61 bits per heavy atom. The first-order valence-corrected chi connectivity index (χ1v) is 15.4. The molecule has 3 rings (SSSR count). The van der Waals surface area contributed by atoms with Gasteiger partial charge in [-0.25, -0.2) is 0 Å². The van der Waals surface area contributed by atoms with Crippen molar-refractivity contribution in [2.24, 2.45) is 0 Å². The summed E-state index contributed by atoms with van der Waals surface area (Å²) in [6.45, 7) is 12.4. The van der Waals surface area contributed by atoms with Crippen LogP contribution in [0.1, 0.15) is 43.6 Å². The third kappa shape index (κ3) is 7.46. The number of alkyl halides is 1. The van der Waals surface area contributed by atoms with Crippen molar-refractivity contribution in [2.75, 3.05) is 5.33 Å². The van der Waals surface area contributed by atoms with Gasteiger partial charge < -0.3 is 13.9 Å². The molecule has 0 heterocycles. The Balaban J connectivity index is 1.86. The first-order chi connectivity index (χ1) is 15.7. The molecule has 0 radical (unpaired) electrons. The van der Waals surface area contributed by atoms with Crippen molar-refractivity contribution in [1.82, 2.24) is 0 Å². The summed E-state index contributed by atoms with van der Waals surface area (Å²) in [6.07, 6.45) is -0.0785. The van der Waals surface area contributed by atoms with E-state index < -0.39 is 8.32 Å². The number of ether oxygens (including phenoxy) is 2. The standard InChI is InChI=1S/C28H35BrO3Si/c1-28(2,3)33(4,5)32-27(19-29)24-16-25(30-20-22-12-8-6-9-13-22)18-26(17-24)31-21-23-14-10-7-11-15-23/h6-18,27H,19-21H2,1-5H3. The van der Waals surface area contributed by atoms with Gasteiger partial charge in [-0.15, -0.1) is 0 Å². The highest BCUT2D eigenvalue weighted by molar-refractivity contribution is 9.09. The number of halogens is 1. The second-order valence-corrected chi connectivity index (χ2v) is 15.2. The molecule has 1 unspecified atom stereocenters. The van der Waals surface area contributed by atoms with Gasteiger partial charge in [-0.3, -0.25) is 0 Å². The predicted octanol–water partition coefficient (Wildman–Crippen LogP) is 8.30. The molecular weight excluding hydrogens is 492 g/mol. The molecule has 0 N–H and O–H groups in total. The number of benzene rings is 3. The Morgan fingerprint density at radius 1 is 0.758 bits per heavy atom. The van der Waals surface area contributed by atoms with E-state index in [1.165, 1.54) is 0 Å². The molecule has 3 aromatic rings. The van der Waals surface area contributed by atoms with Crippen molar-refractivity contribution in [3.63, 3.8) is 0 Å². The fourth-order valence-electron chi connectivity index (χ4n) is 3.15. The first kappa shape index (κ1) is 25.5. The Morgan fingerprint density at radius 2 is 1.21 bits per heavy atom. The SMILES string of the molecule is CC(C)(C)[Si](C)(C)OC(CBr)c1cc(OCc2ccccc2)cc(OCc2ccccc2)c1. The monoisotopic (exact) mass is 526 g/mol. The van der Waals surface area contributed by atoms with Gasteiger partial charge in [-0.1, -0.05) is 97.4 Å². The molecule has 0 aromatic heterocycles. The largest absolute Gasteiger partial charge is 0.489 e. The third-order valence-corrected chi connectivity index (χ3v) is 11.2. The summed E-state index contributed by atoms with van der Waals surface area (Å²) in [5.74, 6) is 1.56. The third-order valence-electron chi connectivity index (χ3n) is 6.15. The lowest BCUT2D eigenvalue weighted by atomic mass is 10.1. The van der Waals surface area contributed by atoms with E-state index in [0.717, 1.165) is 28.2 Å². The fraction of sp³-hybridized carbons (Fsp3) is 0.357. The van der Waals surface area contributed by atoms with Crippen molar-refractivity contribution in [3.8, 4) is 11.5 Å². The second-order valence-electron chi connectivity index (χ2n) is 9.81. The van der Waals surface area contributed by atoms with E-state index >= 15 is 0 Å². The van der Waals surface area contributed by atoms with Gasteiger partial charge in [0.25, 0.3) is 0 Å². The fourth-order valence-corrected chi connectivity index (χ4v) is 5.18. The highest BCUT2D eigenvalue weighted by atomic mass is 79.9. The smallest absolute Gasteiger partial charge is 0.192 e. The molecular formula is C28H35BrO3Si. The molecule has 0 bridgehead atoms. The minimum absolute atomic E-state index is 0.0785. The van der Waals surface area contributed by atoms with E-state index in [1.807, 2.05) is 42.5 Å². The Labute approximate surface area is 208 Å². The van der Waals surface area contributed by atoms with E-state index in [1.54, 1.807) is 0 Å². The van der Waals surface area contributed by atoms with E-state index in [4.69, 9.17) is 13.9 Å². The van der Waals surface area contributed by atoms with Gasteiger partial charge in [-0.2, -0.15) is 0 Å². The van der Waals surface area contributed by atoms with Gasteiger partial charge in [0, 0.05) is 11.4 Å². The van der Waals surface area contributed by atoms with Crippen LogP contribution in [0.25, 0.3) is 0 Å². The zero-order valence-electron chi connectivity index (χ0n) is 20.3. The average molecular weight is 528 g/mol. The van der Waals surface area contributed by atoms with Gasteiger partial charge in [0.05, 0.1) is 6.10 Å². The van der Waals surface area contributed by atoms with Crippen LogP contribution in [0.5, 0.6) is 11.5 Å². The van der Waals surface area contributed by atoms with Crippen molar-refractivity contribution in [3.05, 3.63) is 95.6 Å². The van der Waals surface area contributed by atoms with Crippen LogP contribution < -0.4 is 9.47 Å². The lowest BCUT2D eigenvalue weighted by Crippen LogP contribution is -2.42. The molecule has 0 fully saturated rings. The lowest BCUT2D eigenvalue weighted by Gasteiger charge is -2.39. The van der Waals surface area contributed by atoms with E-state index in [9.17, 15) is 0 Å². The molecule has 176 valence electrons. The Kier molecular flexibility index (Phi) is 8.80. The van der Waals surface area contributed by atoms with Crippen LogP contribution in [-0.4, -0.2) is 13.6 Å². The molecule has 33 heavy (non-hydrogen) atoms. The van der Waals surface area contributed by atoms with Gasteiger partial charge in [0.15, 0.2) is 8.32 Å². The van der Waals surface area contributed by atoms with Gasteiger partial charge >= 0.3 is 0 Å². The summed E-state index contributed by atoms with van der Waals surface area (Å²) >= 11 is 3.69. The topological polar surface area (TPSA) is 27.7 Å². The quantitative estimate of drug-likeness (QED) is 0.196. The maximum atomic E-state index is 6.75. The number of rotatable bonds is 10. The maximum Gasteiger partial charge on any atom is 0.192 e. The van der Waals surface area contributed by atoms with Crippen molar-refractivity contribution in [1.29, 1.82) is 0 Å². The normalized spacial score (nSPS) is 12.9. The molecule has 0 spiro atoms. The van der Waals surface area contributed by atoms with E-state index in [2.05, 4.69) is 86.2 Å². The zero-order chi connectivity index (χ0) is 23.9. The number of hydrogen-bond donors (Lipinski definition) is 0. The molecule has 0 aliphatic rings. The van der Waals surface area contributed by atoms with Gasteiger partial charge in [-0.05, 0) is 47.0 Å². The molecule has 0 aliphatic carbocycles. The Bertz CT molecular complexity index is 939. The second kappa shape index (κ2) is 11.4. The zero-order valence-corrected chi connectivity index (χ0v) is 22.9. The van der Waals surface area contributed by atoms with Crippen molar-refractivity contribution < 1.29 is 13.9 Å². The molecule has 0 saturated heterocycles. The molecule has 5 heteroatoms. The van der Waals surface area contributed by atoms with Crippen LogP contribution in [0.4, 0.5) is 0 Å². The van der Waals surface area contributed by atoms with E-state index in [0.29, 0.717) is 18.5 Å². The van der Waals surface area contributed by atoms with Gasteiger partial charge in [0.1, 0.15) is 24.7 Å². The van der Waals surface area contributed by atoms with Crippen LogP contribution in [0.2, 0.25) is 18.1 Å². The highest BCUT2D eigenvalue weighted by Gasteiger charge is 2.39. The molecule has 1 atom stereocenters. The predicted molar refractivity (Wildman–Crippen MR) is 143 cm³/mol. The lowest BCUT2D eigenvalue weighted by molar-refractivity contribution is 0.206. The first-order valence-electron chi connectivity index (χ1n) is 11.4. The summed E-state index contributed by atoms with van der Waals surface area (Å²) in [4.78, 5) is 0. The van der Waals surface area contributed by atoms with E-state index in [-0.39, 0.29) is 11.1 Å². The minimum atomic E-state index is -1.96. The molecule has 0 aliphatic heterocycles. The summed E-state index contributed by atoms with van der Waals surface area (Å²) in [7, 11) is -1.96. The Hall–Kier alpha value is -2.08. The van der Waals surface area contributed by atoms with Crippen molar-refractivity contribution in [2.45, 2.75) is 58.2 Å². The van der Waals surface area contributed by atoms with Crippen LogP contribution in [0, 0.1) is 0 Å². The summed E-state index contributed by atoms with van der Waals surface area (Å²) in [5, 5.41) is 0.835. The number of hydrogen-bond acceptors (Lipinski definition) is 3. The molecule has 3 aromatic carbocycles. The van der Waals surface area contributed by atoms with Crippen LogP contribution in [-0.2, 0) is 17.6 Å². The maximum absolute atomic E-state index is 6.75. The van der Waals surface area contributed by atoms with Crippen LogP contribution in [0.3, 0.4) is 0 Å². The highest BCUT2D eigenvalue weighted by Crippen LogP contribution is 2.41. The molecule has 3 nitrogen and oxygen atoms in total. The summed E-state index contributed by atoms with van der Waals surface area (Å²) in [5.41, 5.74) is 3.32. The van der Waals surface area contributed by atoms with Crippen LogP contribution in [0.15, 0.2) is 78.9 Å². The summed E-state index contributed by atoms with van der Waals surface area (Å²) in [6, 6.07) is 26.5. The minimum Gasteiger partial charge on any atom is -0.489 e.